The standard InChI is InChI=1S/C12H17NO4/c1-2-3-17-12(16)13-8-4-7(5-8)9-6-10(9)11(14)15/h2,7-10H,1,3-6H2,(H,13,16)(H,14,15)/t7?,8?,9?,10-/m1/s1. The smallest absolute Gasteiger partial charge is 0.407 e. The van der Waals surface area contributed by atoms with Crippen LogP contribution in [0.4, 0.5) is 4.79 Å². The SMILES string of the molecule is C=CCOC(=O)NC1CC(C2C[C@H]2C(=O)O)C1. The van der Waals surface area contributed by atoms with Gasteiger partial charge in [-0.15, -0.1) is 0 Å². The highest BCUT2D eigenvalue weighted by Crippen LogP contribution is 2.51. The third-order valence-electron chi connectivity index (χ3n) is 3.59. The van der Waals surface area contributed by atoms with E-state index >= 15 is 0 Å². The molecule has 1 amide bonds. The molecule has 2 aliphatic rings. The number of nitrogens with one attached hydrogen (secondary N) is 1. The minimum atomic E-state index is -0.684. The lowest BCUT2D eigenvalue weighted by Crippen LogP contribution is -2.45. The molecule has 0 heterocycles. The number of carboxylic acids is 1. The molecular formula is C12H17NO4. The molecule has 0 radical (unpaired) electrons. The predicted octanol–water partition coefficient (Wildman–Crippen LogP) is 1.40. The highest BCUT2D eigenvalue weighted by molar-refractivity contribution is 5.73. The Morgan fingerprint density at radius 3 is 2.65 bits per heavy atom. The average Bonchev–Trinajstić information content (AvgIpc) is 2.99. The van der Waals surface area contributed by atoms with Crippen LogP contribution in [0, 0.1) is 17.8 Å². The summed E-state index contributed by atoms with van der Waals surface area (Å²) < 4.78 is 4.81. The number of alkyl carbamates (subject to hydrolysis) is 1. The Morgan fingerprint density at radius 2 is 2.12 bits per heavy atom. The summed E-state index contributed by atoms with van der Waals surface area (Å²) in [5.41, 5.74) is 0. The number of hydrogen-bond acceptors (Lipinski definition) is 3. The Kier molecular flexibility index (Phi) is 3.36. The summed E-state index contributed by atoms with van der Waals surface area (Å²) >= 11 is 0. The fourth-order valence-electron chi connectivity index (χ4n) is 2.49. The molecule has 0 saturated heterocycles. The Hall–Kier alpha value is -1.52. The minimum absolute atomic E-state index is 0.145. The second-order valence-electron chi connectivity index (χ2n) is 4.80. The maximum absolute atomic E-state index is 11.2. The van der Waals surface area contributed by atoms with Crippen LogP contribution in [0.3, 0.4) is 0 Å². The molecule has 2 N–H and O–H groups in total. The average molecular weight is 239 g/mol. The molecule has 2 saturated carbocycles. The van der Waals surface area contributed by atoms with Crippen LogP contribution in [0.5, 0.6) is 0 Å². The zero-order chi connectivity index (χ0) is 12.4. The predicted molar refractivity (Wildman–Crippen MR) is 60.4 cm³/mol. The molecule has 0 aromatic heterocycles. The van der Waals surface area contributed by atoms with Gasteiger partial charge in [-0.1, -0.05) is 12.7 Å². The molecule has 5 heteroatoms. The normalized spacial score (nSPS) is 34.4. The van der Waals surface area contributed by atoms with Gasteiger partial charge in [0.15, 0.2) is 0 Å². The van der Waals surface area contributed by atoms with Crippen LogP contribution in [-0.4, -0.2) is 29.8 Å². The van der Waals surface area contributed by atoms with E-state index in [0.717, 1.165) is 19.3 Å². The number of hydrogen-bond donors (Lipinski definition) is 2. The van der Waals surface area contributed by atoms with Crippen molar-refractivity contribution >= 4 is 12.1 Å². The monoisotopic (exact) mass is 239 g/mol. The van der Waals surface area contributed by atoms with Gasteiger partial charge in [0.2, 0.25) is 0 Å². The highest BCUT2D eigenvalue weighted by Gasteiger charge is 2.51. The summed E-state index contributed by atoms with van der Waals surface area (Å²) in [4.78, 5) is 21.9. The summed E-state index contributed by atoms with van der Waals surface area (Å²) in [6, 6.07) is 0.146. The first-order chi connectivity index (χ1) is 8.11. The van der Waals surface area contributed by atoms with E-state index in [4.69, 9.17) is 9.84 Å². The van der Waals surface area contributed by atoms with Crippen molar-refractivity contribution in [3.63, 3.8) is 0 Å². The first kappa shape index (κ1) is 12.0. The number of amides is 1. The van der Waals surface area contributed by atoms with Crippen LogP contribution in [0.25, 0.3) is 0 Å². The lowest BCUT2D eigenvalue weighted by atomic mass is 9.76. The zero-order valence-electron chi connectivity index (χ0n) is 9.59. The first-order valence-corrected chi connectivity index (χ1v) is 5.88. The van der Waals surface area contributed by atoms with Crippen LogP contribution in [0.2, 0.25) is 0 Å². The molecule has 94 valence electrons. The maximum atomic E-state index is 11.2. The van der Waals surface area contributed by atoms with Gasteiger partial charge in [0, 0.05) is 6.04 Å². The van der Waals surface area contributed by atoms with Crippen molar-refractivity contribution in [1.29, 1.82) is 0 Å². The minimum Gasteiger partial charge on any atom is -0.481 e. The Labute approximate surface area is 99.8 Å². The number of ether oxygens (including phenoxy) is 1. The van der Waals surface area contributed by atoms with Crippen LogP contribution in [0.15, 0.2) is 12.7 Å². The Balaban J connectivity index is 1.61. The van der Waals surface area contributed by atoms with Gasteiger partial charge in [-0.2, -0.15) is 0 Å². The number of carbonyl (C=O) groups is 2. The second-order valence-corrected chi connectivity index (χ2v) is 4.80. The van der Waals surface area contributed by atoms with Gasteiger partial charge in [0.1, 0.15) is 6.61 Å². The summed E-state index contributed by atoms with van der Waals surface area (Å²) in [6.45, 7) is 3.67. The Bertz CT molecular complexity index is 335. The molecule has 2 aliphatic carbocycles. The Morgan fingerprint density at radius 1 is 1.41 bits per heavy atom. The molecule has 5 nitrogen and oxygen atoms in total. The summed E-state index contributed by atoms with van der Waals surface area (Å²) in [5.74, 6) is -0.0407. The second kappa shape index (κ2) is 4.77. The molecule has 2 rings (SSSR count). The lowest BCUT2D eigenvalue weighted by molar-refractivity contribution is -0.139. The van der Waals surface area contributed by atoms with Crippen molar-refractivity contribution in [3.05, 3.63) is 12.7 Å². The molecule has 2 atom stereocenters. The first-order valence-electron chi connectivity index (χ1n) is 5.88. The van der Waals surface area contributed by atoms with Gasteiger partial charge in [-0.25, -0.2) is 4.79 Å². The van der Waals surface area contributed by atoms with E-state index in [0.29, 0.717) is 11.8 Å². The van der Waals surface area contributed by atoms with Gasteiger partial charge in [0.05, 0.1) is 5.92 Å². The molecular weight excluding hydrogens is 222 g/mol. The highest BCUT2D eigenvalue weighted by atomic mass is 16.5. The van der Waals surface area contributed by atoms with E-state index in [2.05, 4.69) is 11.9 Å². The van der Waals surface area contributed by atoms with Crippen molar-refractivity contribution in [2.24, 2.45) is 17.8 Å². The largest absolute Gasteiger partial charge is 0.481 e. The molecule has 1 unspecified atom stereocenters. The van der Waals surface area contributed by atoms with Gasteiger partial charge < -0.3 is 15.2 Å². The topological polar surface area (TPSA) is 75.6 Å². The molecule has 2 fully saturated rings. The van der Waals surface area contributed by atoms with Crippen LogP contribution in [0.1, 0.15) is 19.3 Å². The van der Waals surface area contributed by atoms with E-state index in [-0.39, 0.29) is 18.6 Å². The fourth-order valence-corrected chi connectivity index (χ4v) is 2.49. The third-order valence-corrected chi connectivity index (χ3v) is 3.59. The van der Waals surface area contributed by atoms with Crippen LogP contribution < -0.4 is 5.32 Å². The van der Waals surface area contributed by atoms with E-state index < -0.39 is 12.1 Å². The van der Waals surface area contributed by atoms with E-state index in [1.54, 1.807) is 0 Å². The van der Waals surface area contributed by atoms with Crippen LogP contribution in [-0.2, 0) is 9.53 Å². The molecule has 0 bridgehead atoms. The summed E-state index contributed by atoms with van der Waals surface area (Å²) in [5, 5.41) is 11.6. The van der Waals surface area contributed by atoms with Gasteiger partial charge in [-0.05, 0) is 31.1 Å². The summed E-state index contributed by atoms with van der Waals surface area (Å²) in [7, 11) is 0. The van der Waals surface area contributed by atoms with Crippen molar-refractivity contribution in [2.75, 3.05) is 6.61 Å². The van der Waals surface area contributed by atoms with Crippen molar-refractivity contribution in [2.45, 2.75) is 25.3 Å². The zero-order valence-corrected chi connectivity index (χ0v) is 9.59. The molecule has 0 aromatic rings. The van der Waals surface area contributed by atoms with E-state index in [1.165, 1.54) is 6.08 Å². The molecule has 0 spiro atoms. The van der Waals surface area contributed by atoms with Crippen molar-refractivity contribution in [3.8, 4) is 0 Å². The number of aliphatic carboxylic acids is 1. The third kappa shape index (κ3) is 2.78. The maximum Gasteiger partial charge on any atom is 0.407 e. The van der Waals surface area contributed by atoms with Gasteiger partial charge in [-0.3, -0.25) is 4.79 Å². The summed E-state index contributed by atoms with van der Waals surface area (Å²) in [6.07, 6.45) is 3.65. The van der Waals surface area contributed by atoms with Gasteiger partial charge in [0.25, 0.3) is 0 Å². The molecule has 17 heavy (non-hydrogen) atoms. The van der Waals surface area contributed by atoms with Crippen LogP contribution >= 0.6 is 0 Å². The van der Waals surface area contributed by atoms with Crippen molar-refractivity contribution in [1.82, 2.24) is 5.32 Å². The van der Waals surface area contributed by atoms with E-state index in [9.17, 15) is 9.59 Å². The number of rotatable bonds is 5. The van der Waals surface area contributed by atoms with Crippen molar-refractivity contribution < 1.29 is 19.4 Å². The molecule has 0 aromatic carbocycles. The number of carbonyl (C=O) groups excluding carboxylic acids is 1. The van der Waals surface area contributed by atoms with Gasteiger partial charge >= 0.3 is 12.1 Å². The lowest BCUT2D eigenvalue weighted by Gasteiger charge is -2.35. The van der Waals surface area contributed by atoms with E-state index in [1.807, 2.05) is 0 Å². The fraction of sp³-hybridized carbons (Fsp3) is 0.667. The number of carboxylic acid groups (broad SMARTS) is 1. The quantitative estimate of drug-likeness (QED) is 0.711. The molecule has 0 aliphatic heterocycles.